The zero-order valence-corrected chi connectivity index (χ0v) is 10.9. The van der Waals surface area contributed by atoms with Crippen molar-refractivity contribution in [1.29, 1.82) is 0 Å². The standard InChI is InChI=1S/C16H11F2NO2/c17-13-5-3-11(14(18)8-13)9-19-10-12(4-6-16(19)20)15-2-1-7-21-15/h1-8,10H,9H2. The van der Waals surface area contributed by atoms with Crippen LogP contribution < -0.4 is 5.56 Å². The lowest BCUT2D eigenvalue weighted by Gasteiger charge is -2.08. The van der Waals surface area contributed by atoms with E-state index in [9.17, 15) is 13.6 Å². The Morgan fingerprint density at radius 3 is 2.67 bits per heavy atom. The number of nitrogens with zero attached hydrogens (tertiary/aromatic N) is 1. The molecule has 21 heavy (non-hydrogen) atoms. The summed E-state index contributed by atoms with van der Waals surface area (Å²) in [7, 11) is 0. The molecule has 0 atom stereocenters. The molecule has 3 nitrogen and oxygen atoms in total. The van der Waals surface area contributed by atoms with Crippen LogP contribution in [-0.4, -0.2) is 4.57 Å². The highest BCUT2D eigenvalue weighted by molar-refractivity contribution is 5.55. The molecule has 0 fully saturated rings. The second-order valence-electron chi connectivity index (χ2n) is 4.60. The quantitative estimate of drug-likeness (QED) is 0.739. The summed E-state index contributed by atoms with van der Waals surface area (Å²) in [6.07, 6.45) is 3.12. The zero-order valence-electron chi connectivity index (χ0n) is 10.9. The second-order valence-corrected chi connectivity index (χ2v) is 4.60. The first-order valence-electron chi connectivity index (χ1n) is 6.32. The van der Waals surface area contributed by atoms with E-state index in [0.29, 0.717) is 11.3 Å². The fourth-order valence-electron chi connectivity index (χ4n) is 2.08. The van der Waals surface area contributed by atoms with Gasteiger partial charge in [-0.2, -0.15) is 0 Å². The average molecular weight is 287 g/mol. The predicted octanol–water partition coefficient (Wildman–Crippen LogP) is 3.43. The van der Waals surface area contributed by atoms with Crippen molar-refractivity contribution in [3.63, 3.8) is 0 Å². The lowest BCUT2D eigenvalue weighted by atomic mass is 10.2. The summed E-state index contributed by atoms with van der Waals surface area (Å²) < 4.78 is 33.2. The van der Waals surface area contributed by atoms with E-state index in [1.54, 1.807) is 24.4 Å². The fraction of sp³-hybridized carbons (Fsp3) is 0.0625. The van der Waals surface area contributed by atoms with Crippen LogP contribution in [0.2, 0.25) is 0 Å². The summed E-state index contributed by atoms with van der Waals surface area (Å²) in [5.74, 6) is -0.707. The lowest BCUT2D eigenvalue weighted by molar-refractivity contribution is 0.563. The number of rotatable bonds is 3. The van der Waals surface area contributed by atoms with Crippen molar-refractivity contribution in [2.75, 3.05) is 0 Å². The SMILES string of the molecule is O=c1ccc(-c2ccco2)cn1Cc1ccc(F)cc1F. The van der Waals surface area contributed by atoms with Crippen LogP contribution >= 0.6 is 0 Å². The third-order valence-corrected chi connectivity index (χ3v) is 3.14. The molecule has 0 spiro atoms. The Morgan fingerprint density at radius 1 is 1.10 bits per heavy atom. The molecule has 0 saturated heterocycles. The molecule has 3 aromatic rings. The van der Waals surface area contributed by atoms with Crippen LogP contribution in [0.5, 0.6) is 0 Å². The Labute approximate surface area is 119 Å². The molecule has 0 aliphatic rings. The van der Waals surface area contributed by atoms with E-state index >= 15 is 0 Å². The van der Waals surface area contributed by atoms with Gasteiger partial charge in [0.1, 0.15) is 17.4 Å². The van der Waals surface area contributed by atoms with Crippen molar-refractivity contribution in [3.8, 4) is 11.3 Å². The van der Waals surface area contributed by atoms with E-state index in [2.05, 4.69) is 0 Å². The van der Waals surface area contributed by atoms with Crippen LogP contribution in [0.3, 0.4) is 0 Å². The minimum Gasteiger partial charge on any atom is -0.464 e. The third kappa shape index (κ3) is 2.76. The maximum absolute atomic E-state index is 13.7. The minimum atomic E-state index is -0.676. The molecule has 2 heterocycles. The van der Waals surface area contributed by atoms with Crippen molar-refractivity contribution in [1.82, 2.24) is 4.57 Å². The number of hydrogen-bond donors (Lipinski definition) is 0. The summed E-state index contributed by atoms with van der Waals surface area (Å²) in [5, 5.41) is 0. The largest absolute Gasteiger partial charge is 0.464 e. The van der Waals surface area contributed by atoms with E-state index in [-0.39, 0.29) is 17.7 Å². The summed E-state index contributed by atoms with van der Waals surface area (Å²) >= 11 is 0. The van der Waals surface area contributed by atoms with Gasteiger partial charge in [0.2, 0.25) is 0 Å². The normalized spacial score (nSPS) is 10.8. The van der Waals surface area contributed by atoms with Crippen LogP contribution in [0.1, 0.15) is 5.56 Å². The third-order valence-electron chi connectivity index (χ3n) is 3.14. The van der Waals surface area contributed by atoms with Gasteiger partial charge in [-0.15, -0.1) is 0 Å². The van der Waals surface area contributed by atoms with E-state index in [0.717, 1.165) is 6.07 Å². The number of benzene rings is 1. The van der Waals surface area contributed by atoms with E-state index < -0.39 is 11.6 Å². The summed E-state index contributed by atoms with van der Waals surface area (Å²) in [4.78, 5) is 11.9. The van der Waals surface area contributed by atoms with Gasteiger partial charge in [0, 0.05) is 29.5 Å². The first kappa shape index (κ1) is 13.3. The molecule has 3 rings (SSSR count). The molecule has 0 saturated carbocycles. The van der Waals surface area contributed by atoms with Crippen molar-refractivity contribution in [2.45, 2.75) is 6.54 Å². The highest BCUT2D eigenvalue weighted by atomic mass is 19.1. The van der Waals surface area contributed by atoms with Crippen molar-refractivity contribution >= 4 is 0 Å². The topological polar surface area (TPSA) is 35.1 Å². The van der Waals surface area contributed by atoms with Crippen molar-refractivity contribution in [2.24, 2.45) is 0 Å². The van der Waals surface area contributed by atoms with Gasteiger partial charge in [-0.25, -0.2) is 8.78 Å². The highest BCUT2D eigenvalue weighted by Crippen LogP contribution is 2.18. The van der Waals surface area contributed by atoms with E-state index in [1.807, 2.05) is 0 Å². The van der Waals surface area contributed by atoms with Gasteiger partial charge in [-0.05, 0) is 24.3 Å². The Bertz CT molecular complexity index is 823. The minimum absolute atomic E-state index is 0.0273. The highest BCUT2D eigenvalue weighted by Gasteiger charge is 2.08. The van der Waals surface area contributed by atoms with Crippen molar-refractivity contribution in [3.05, 3.63) is 82.5 Å². The Hall–Kier alpha value is -2.69. The molecule has 2 aromatic heterocycles. The molecule has 0 N–H and O–H groups in total. The maximum Gasteiger partial charge on any atom is 0.250 e. The van der Waals surface area contributed by atoms with Crippen LogP contribution in [0.4, 0.5) is 8.78 Å². The van der Waals surface area contributed by atoms with Crippen LogP contribution in [0.25, 0.3) is 11.3 Å². The molecule has 5 heteroatoms. The van der Waals surface area contributed by atoms with Gasteiger partial charge in [0.15, 0.2) is 0 Å². The second kappa shape index (κ2) is 5.36. The summed E-state index contributed by atoms with van der Waals surface area (Å²) in [6, 6.07) is 9.83. The molecule has 0 aliphatic heterocycles. The predicted molar refractivity (Wildman–Crippen MR) is 73.9 cm³/mol. The smallest absolute Gasteiger partial charge is 0.250 e. The van der Waals surface area contributed by atoms with Gasteiger partial charge in [-0.1, -0.05) is 6.07 Å². The lowest BCUT2D eigenvalue weighted by Crippen LogP contribution is -2.19. The molecule has 0 aliphatic carbocycles. The van der Waals surface area contributed by atoms with Crippen LogP contribution in [-0.2, 0) is 6.54 Å². The maximum atomic E-state index is 13.7. The van der Waals surface area contributed by atoms with Crippen LogP contribution in [0, 0.1) is 11.6 Å². The number of halogens is 2. The number of hydrogen-bond acceptors (Lipinski definition) is 2. The van der Waals surface area contributed by atoms with Gasteiger partial charge in [-0.3, -0.25) is 4.79 Å². The number of pyridine rings is 1. The van der Waals surface area contributed by atoms with Crippen molar-refractivity contribution < 1.29 is 13.2 Å². The number of furan rings is 1. The molecule has 106 valence electrons. The zero-order chi connectivity index (χ0) is 14.8. The summed E-state index contributed by atoms with van der Waals surface area (Å²) in [6.45, 7) is 0.0273. The molecule has 0 bridgehead atoms. The Kier molecular flexibility index (Phi) is 3.39. The molecular weight excluding hydrogens is 276 g/mol. The van der Waals surface area contributed by atoms with E-state index in [1.165, 1.54) is 29.0 Å². The molecule has 0 amide bonds. The van der Waals surface area contributed by atoms with Gasteiger partial charge < -0.3 is 8.98 Å². The molecule has 0 radical (unpaired) electrons. The monoisotopic (exact) mass is 287 g/mol. The van der Waals surface area contributed by atoms with E-state index in [4.69, 9.17) is 4.42 Å². The molecular formula is C16H11F2NO2. The Morgan fingerprint density at radius 2 is 1.95 bits per heavy atom. The fourth-order valence-corrected chi connectivity index (χ4v) is 2.08. The van der Waals surface area contributed by atoms with Gasteiger partial charge in [0.25, 0.3) is 5.56 Å². The Balaban J connectivity index is 1.98. The molecule has 0 unspecified atom stereocenters. The average Bonchev–Trinajstić information content (AvgIpc) is 2.98. The summed E-state index contributed by atoms with van der Waals surface area (Å²) in [5.41, 5.74) is 0.686. The molecule has 1 aromatic carbocycles. The van der Waals surface area contributed by atoms with Gasteiger partial charge in [0.05, 0.1) is 12.8 Å². The van der Waals surface area contributed by atoms with Gasteiger partial charge >= 0.3 is 0 Å². The number of aromatic nitrogens is 1. The van der Waals surface area contributed by atoms with Crippen LogP contribution in [0.15, 0.2) is 64.1 Å². The first-order chi connectivity index (χ1) is 10.1. The first-order valence-corrected chi connectivity index (χ1v) is 6.32.